The SMILES string of the molecule is CN(C)CCCOCC1CCCN(C(=O)O)C1. The number of likely N-dealkylation sites (tertiary alicyclic amines) is 1. The summed E-state index contributed by atoms with van der Waals surface area (Å²) in [5, 5.41) is 8.91. The average molecular weight is 244 g/mol. The smallest absolute Gasteiger partial charge is 0.407 e. The standard InChI is InChI=1S/C12H24N2O3/c1-13(2)6-4-8-17-10-11-5-3-7-14(9-11)12(15)16/h11H,3-10H2,1-2H3,(H,15,16). The van der Waals surface area contributed by atoms with E-state index >= 15 is 0 Å². The fraction of sp³-hybridized carbons (Fsp3) is 0.917. The van der Waals surface area contributed by atoms with Crippen LogP contribution in [0.15, 0.2) is 0 Å². The molecule has 1 aliphatic rings. The van der Waals surface area contributed by atoms with Crippen molar-refractivity contribution in [2.24, 2.45) is 5.92 Å². The van der Waals surface area contributed by atoms with Gasteiger partial charge in [-0.2, -0.15) is 0 Å². The Labute approximate surface area is 103 Å². The first-order valence-corrected chi connectivity index (χ1v) is 6.30. The molecule has 0 saturated carbocycles. The van der Waals surface area contributed by atoms with Gasteiger partial charge in [-0.15, -0.1) is 0 Å². The molecule has 1 amide bonds. The molecular weight excluding hydrogens is 220 g/mol. The van der Waals surface area contributed by atoms with Crippen molar-refractivity contribution >= 4 is 6.09 Å². The van der Waals surface area contributed by atoms with E-state index in [0.717, 1.165) is 32.4 Å². The summed E-state index contributed by atoms with van der Waals surface area (Å²) < 4.78 is 5.61. The fourth-order valence-corrected chi connectivity index (χ4v) is 2.11. The van der Waals surface area contributed by atoms with Crippen LogP contribution in [0.1, 0.15) is 19.3 Å². The van der Waals surface area contributed by atoms with Gasteiger partial charge < -0.3 is 19.6 Å². The molecule has 1 heterocycles. The fourth-order valence-electron chi connectivity index (χ4n) is 2.11. The Balaban J connectivity index is 2.08. The molecule has 1 rings (SSSR count). The first-order chi connectivity index (χ1) is 8.09. The Morgan fingerprint density at radius 2 is 2.29 bits per heavy atom. The van der Waals surface area contributed by atoms with Crippen molar-refractivity contribution in [2.75, 3.05) is 46.9 Å². The van der Waals surface area contributed by atoms with Gasteiger partial charge in [-0.3, -0.25) is 0 Å². The highest BCUT2D eigenvalue weighted by Gasteiger charge is 2.22. The van der Waals surface area contributed by atoms with E-state index < -0.39 is 6.09 Å². The Morgan fingerprint density at radius 1 is 1.53 bits per heavy atom. The van der Waals surface area contributed by atoms with Crippen molar-refractivity contribution in [3.8, 4) is 0 Å². The lowest BCUT2D eigenvalue weighted by Gasteiger charge is -2.30. The van der Waals surface area contributed by atoms with Gasteiger partial charge in [0.25, 0.3) is 0 Å². The summed E-state index contributed by atoms with van der Waals surface area (Å²) in [4.78, 5) is 14.5. The molecule has 0 aromatic heterocycles. The summed E-state index contributed by atoms with van der Waals surface area (Å²) in [5.41, 5.74) is 0. The minimum Gasteiger partial charge on any atom is -0.465 e. The summed E-state index contributed by atoms with van der Waals surface area (Å²) in [6.07, 6.45) is 2.26. The molecule has 1 unspecified atom stereocenters. The maximum absolute atomic E-state index is 10.8. The van der Waals surface area contributed by atoms with E-state index in [1.807, 2.05) is 14.1 Å². The van der Waals surface area contributed by atoms with Gasteiger partial charge in [-0.1, -0.05) is 0 Å². The highest BCUT2D eigenvalue weighted by molar-refractivity contribution is 5.65. The summed E-state index contributed by atoms with van der Waals surface area (Å²) in [5.74, 6) is 0.374. The Morgan fingerprint density at radius 3 is 2.94 bits per heavy atom. The number of piperidine rings is 1. The van der Waals surface area contributed by atoms with Crippen LogP contribution in [0.3, 0.4) is 0 Å². The predicted molar refractivity (Wildman–Crippen MR) is 66.3 cm³/mol. The third-order valence-electron chi connectivity index (χ3n) is 3.04. The molecule has 0 spiro atoms. The topological polar surface area (TPSA) is 53.0 Å². The molecule has 1 fully saturated rings. The lowest BCUT2D eigenvalue weighted by atomic mass is 9.99. The van der Waals surface area contributed by atoms with E-state index in [0.29, 0.717) is 25.6 Å². The zero-order valence-corrected chi connectivity index (χ0v) is 10.9. The lowest BCUT2D eigenvalue weighted by Crippen LogP contribution is -2.40. The van der Waals surface area contributed by atoms with Crippen molar-refractivity contribution in [2.45, 2.75) is 19.3 Å². The molecule has 0 aromatic rings. The minimum absolute atomic E-state index is 0.374. The predicted octanol–water partition coefficient (Wildman–Crippen LogP) is 1.34. The van der Waals surface area contributed by atoms with Gasteiger partial charge in [0.05, 0.1) is 6.61 Å². The Bertz CT molecular complexity index is 234. The number of nitrogens with zero attached hydrogens (tertiary/aromatic N) is 2. The van der Waals surface area contributed by atoms with E-state index in [9.17, 15) is 4.79 Å². The summed E-state index contributed by atoms with van der Waals surface area (Å²) in [6, 6.07) is 0. The van der Waals surface area contributed by atoms with E-state index in [2.05, 4.69) is 4.90 Å². The van der Waals surface area contributed by atoms with Gasteiger partial charge in [0.2, 0.25) is 0 Å². The van der Waals surface area contributed by atoms with Crippen molar-refractivity contribution < 1.29 is 14.6 Å². The summed E-state index contributed by atoms with van der Waals surface area (Å²) in [7, 11) is 4.09. The highest BCUT2D eigenvalue weighted by atomic mass is 16.5. The molecule has 5 heteroatoms. The molecule has 0 bridgehead atoms. The highest BCUT2D eigenvalue weighted by Crippen LogP contribution is 2.16. The molecule has 0 aromatic carbocycles. The molecule has 1 atom stereocenters. The number of hydrogen-bond acceptors (Lipinski definition) is 3. The zero-order chi connectivity index (χ0) is 12.7. The third kappa shape index (κ3) is 5.89. The third-order valence-corrected chi connectivity index (χ3v) is 3.04. The second-order valence-corrected chi connectivity index (χ2v) is 4.97. The van der Waals surface area contributed by atoms with E-state index in [4.69, 9.17) is 9.84 Å². The van der Waals surface area contributed by atoms with Crippen LogP contribution in [0.4, 0.5) is 4.79 Å². The van der Waals surface area contributed by atoms with Crippen molar-refractivity contribution in [1.29, 1.82) is 0 Å². The molecule has 1 N–H and O–H groups in total. The van der Waals surface area contributed by atoms with Gasteiger partial charge in [0, 0.05) is 25.6 Å². The quantitative estimate of drug-likeness (QED) is 0.716. The maximum atomic E-state index is 10.8. The second-order valence-electron chi connectivity index (χ2n) is 4.97. The number of carbonyl (C=O) groups is 1. The Hall–Kier alpha value is -0.810. The van der Waals surface area contributed by atoms with Gasteiger partial charge >= 0.3 is 6.09 Å². The Kier molecular flexibility index (Phi) is 6.29. The van der Waals surface area contributed by atoms with Crippen molar-refractivity contribution in [3.05, 3.63) is 0 Å². The summed E-state index contributed by atoms with van der Waals surface area (Å²) >= 11 is 0. The van der Waals surface area contributed by atoms with Crippen LogP contribution in [-0.2, 0) is 4.74 Å². The number of hydrogen-bond donors (Lipinski definition) is 1. The van der Waals surface area contributed by atoms with Crippen molar-refractivity contribution in [1.82, 2.24) is 9.80 Å². The maximum Gasteiger partial charge on any atom is 0.407 e. The number of amides is 1. The zero-order valence-electron chi connectivity index (χ0n) is 10.9. The molecule has 5 nitrogen and oxygen atoms in total. The van der Waals surface area contributed by atoms with Crippen molar-refractivity contribution in [3.63, 3.8) is 0 Å². The lowest BCUT2D eigenvalue weighted by molar-refractivity contribution is 0.0564. The molecule has 17 heavy (non-hydrogen) atoms. The number of ether oxygens (including phenoxy) is 1. The van der Waals surface area contributed by atoms with E-state index in [1.165, 1.54) is 4.90 Å². The van der Waals surface area contributed by atoms with Gasteiger partial charge in [-0.05, 0) is 39.9 Å². The van der Waals surface area contributed by atoms with E-state index in [-0.39, 0.29) is 0 Å². The largest absolute Gasteiger partial charge is 0.465 e. The first kappa shape index (κ1) is 14.3. The normalized spacial score (nSPS) is 20.9. The molecular formula is C12H24N2O3. The van der Waals surface area contributed by atoms with Gasteiger partial charge in [-0.25, -0.2) is 4.79 Å². The monoisotopic (exact) mass is 244 g/mol. The van der Waals surface area contributed by atoms with E-state index in [1.54, 1.807) is 0 Å². The number of rotatable bonds is 6. The van der Waals surface area contributed by atoms with Crippen LogP contribution in [0.25, 0.3) is 0 Å². The molecule has 0 radical (unpaired) electrons. The molecule has 1 saturated heterocycles. The minimum atomic E-state index is -0.803. The van der Waals surface area contributed by atoms with Crippen LogP contribution < -0.4 is 0 Å². The van der Waals surface area contributed by atoms with Crippen LogP contribution >= 0.6 is 0 Å². The van der Waals surface area contributed by atoms with Crippen LogP contribution in [-0.4, -0.2) is 67.9 Å². The second kappa shape index (κ2) is 7.50. The molecule has 100 valence electrons. The summed E-state index contributed by atoms with van der Waals surface area (Å²) in [6.45, 7) is 3.79. The van der Waals surface area contributed by atoms with Gasteiger partial charge in [0.15, 0.2) is 0 Å². The molecule has 0 aliphatic carbocycles. The average Bonchev–Trinajstić information content (AvgIpc) is 2.28. The van der Waals surface area contributed by atoms with Crippen LogP contribution in [0, 0.1) is 5.92 Å². The molecule has 1 aliphatic heterocycles. The number of carboxylic acid groups (broad SMARTS) is 1. The van der Waals surface area contributed by atoms with Gasteiger partial charge in [0.1, 0.15) is 0 Å². The van der Waals surface area contributed by atoms with Crippen LogP contribution in [0.2, 0.25) is 0 Å². The first-order valence-electron chi connectivity index (χ1n) is 6.30. The van der Waals surface area contributed by atoms with Crippen LogP contribution in [0.5, 0.6) is 0 Å².